The van der Waals surface area contributed by atoms with Crippen LogP contribution < -0.4 is 4.74 Å². The van der Waals surface area contributed by atoms with Crippen molar-refractivity contribution in [2.45, 2.75) is 77.2 Å². The molecule has 1 aromatic carbocycles. The SMILES string of the molecule is CC#CCC(CC)C/C=C/C1CC[C@@H]2Oc3c(CCCC(=O)O)cccc3[C@H]12. The van der Waals surface area contributed by atoms with Crippen LogP contribution in [0.1, 0.15) is 75.8 Å². The first kappa shape index (κ1) is 20.5. The van der Waals surface area contributed by atoms with E-state index >= 15 is 0 Å². The van der Waals surface area contributed by atoms with Gasteiger partial charge in [-0.05, 0) is 56.4 Å². The van der Waals surface area contributed by atoms with Gasteiger partial charge in [0.1, 0.15) is 11.9 Å². The van der Waals surface area contributed by atoms with Gasteiger partial charge in [-0.2, -0.15) is 0 Å². The summed E-state index contributed by atoms with van der Waals surface area (Å²) in [5.74, 6) is 8.16. The molecule has 2 aliphatic rings. The molecule has 1 heterocycles. The summed E-state index contributed by atoms with van der Waals surface area (Å²) in [7, 11) is 0. The zero-order valence-electron chi connectivity index (χ0n) is 17.1. The number of ether oxygens (including phenoxy) is 1. The van der Waals surface area contributed by atoms with E-state index in [1.54, 1.807) is 0 Å². The quantitative estimate of drug-likeness (QED) is 0.439. The molecule has 3 rings (SSSR count). The Morgan fingerprint density at radius 1 is 1.39 bits per heavy atom. The van der Waals surface area contributed by atoms with Crippen LogP contribution in [0.4, 0.5) is 0 Å². The largest absolute Gasteiger partial charge is 0.489 e. The summed E-state index contributed by atoms with van der Waals surface area (Å²) in [6, 6.07) is 6.40. The molecule has 0 amide bonds. The van der Waals surface area contributed by atoms with E-state index in [4.69, 9.17) is 9.84 Å². The number of carboxylic acid groups (broad SMARTS) is 1. The summed E-state index contributed by atoms with van der Waals surface area (Å²) in [4.78, 5) is 10.8. The molecule has 1 aliphatic heterocycles. The highest BCUT2D eigenvalue weighted by molar-refractivity contribution is 5.66. The second kappa shape index (κ2) is 9.82. The van der Waals surface area contributed by atoms with Crippen LogP contribution in [-0.2, 0) is 11.2 Å². The van der Waals surface area contributed by atoms with Crippen LogP contribution in [-0.4, -0.2) is 17.2 Å². The van der Waals surface area contributed by atoms with Crippen molar-refractivity contribution in [3.8, 4) is 17.6 Å². The molecule has 1 fully saturated rings. The first-order chi connectivity index (χ1) is 13.6. The number of aryl methyl sites for hydroxylation is 1. The third kappa shape index (κ3) is 4.79. The van der Waals surface area contributed by atoms with Crippen molar-refractivity contribution in [1.82, 2.24) is 0 Å². The molecular weight excluding hydrogens is 348 g/mol. The van der Waals surface area contributed by atoms with Crippen molar-refractivity contribution in [2.75, 3.05) is 0 Å². The molecule has 0 aromatic heterocycles. The van der Waals surface area contributed by atoms with E-state index in [0.717, 1.165) is 31.4 Å². The third-order valence-corrected chi connectivity index (χ3v) is 6.24. The van der Waals surface area contributed by atoms with Gasteiger partial charge in [-0.3, -0.25) is 4.79 Å². The lowest BCUT2D eigenvalue weighted by molar-refractivity contribution is -0.137. The van der Waals surface area contributed by atoms with Crippen LogP contribution in [0.25, 0.3) is 0 Å². The van der Waals surface area contributed by atoms with E-state index in [0.29, 0.717) is 24.2 Å². The number of aliphatic carboxylic acids is 1. The fourth-order valence-corrected chi connectivity index (χ4v) is 4.65. The molecule has 0 radical (unpaired) electrons. The summed E-state index contributed by atoms with van der Waals surface area (Å²) in [6.07, 6.45) is 12.2. The van der Waals surface area contributed by atoms with Crippen LogP contribution in [0.15, 0.2) is 30.4 Å². The molecule has 3 heteroatoms. The number of hydrogen-bond donors (Lipinski definition) is 1. The zero-order valence-corrected chi connectivity index (χ0v) is 17.1. The summed E-state index contributed by atoms with van der Waals surface area (Å²) < 4.78 is 6.35. The van der Waals surface area contributed by atoms with Crippen LogP contribution in [0.2, 0.25) is 0 Å². The monoisotopic (exact) mass is 380 g/mol. The van der Waals surface area contributed by atoms with Gasteiger partial charge in [-0.15, -0.1) is 11.8 Å². The van der Waals surface area contributed by atoms with Crippen LogP contribution >= 0.6 is 0 Å². The maximum Gasteiger partial charge on any atom is 0.303 e. The van der Waals surface area contributed by atoms with Crippen LogP contribution in [0, 0.1) is 23.7 Å². The molecular formula is C25H32O3. The third-order valence-electron chi connectivity index (χ3n) is 6.24. The van der Waals surface area contributed by atoms with Gasteiger partial charge in [0.25, 0.3) is 0 Å². The van der Waals surface area contributed by atoms with Crippen molar-refractivity contribution in [2.24, 2.45) is 11.8 Å². The lowest BCUT2D eigenvalue weighted by Crippen LogP contribution is -2.14. The Bertz CT molecular complexity index is 768. The molecule has 150 valence electrons. The van der Waals surface area contributed by atoms with Crippen LogP contribution in [0.3, 0.4) is 0 Å². The van der Waals surface area contributed by atoms with Gasteiger partial charge in [0, 0.05) is 24.3 Å². The fourth-order valence-electron chi connectivity index (χ4n) is 4.65. The number of allylic oxidation sites excluding steroid dienone is 2. The lowest BCUT2D eigenvalue weighted by atomic mass is 9.86. The van der Waals surface area contributed by atoms with Gasteiger partial charge in [-0.25, -0.2) is 0 Å². The van der Waals surface area contributed by atoms with E-state index in [1.165, 1.54) is 24.0 Å². The fraction of sp³-hybridized carbons (Fsp3) is 0.560. The molecule has 2 unspecified atom stereocenters. The molecule has 1 N–H and O–H groups in total. The average molecular weight is 381 g/mol. The highest BCUT2D eigenvalue weighted by Gasteiger charge is 2.44. The molecule has 3 nitrogen and oxygen atoms in total. The standard InChI is InChI=1S/C25H32O3/c1-3-5-9-18(4-2)10-6-11-19-16-17-22-24(19)21-14-7-12-20(25(21)28-22)13-8-15-23(26)27/h6-7,11-12,14,18-19,22,24H,4,8-10,13,15-17H2,1-2H3,(H,26,27)/b11-6+/t18?,19?,22-,24-/m0/s1. The average Bonchev–Trinajstić information content (AvgIpc) is 3.24. The molecule has 0 spiro atoms. The Kier molecular flexibility index (Phi) is 7.20. The molecule has 0 bridgehead atoms. The normalized spacial score (nSPS) is 23.6. The molecule has 28 heavy (non-hydrogen) atoms. The molecule has 1 aromatic rings. The predicted molar refractivity (Wildman–Crippen MR) is 113 cm³/mol. The minimum atomic E-state index is -0.731. The van der Waals surface area contributed by atoms with Crippen molar-refractivity contribution >= 4 is 5.97 Å². The van der Waals surface area contributed by atoms with E-state index in [9.17, 15) is 4.79 Å². The number of benzene rings is 1. The molecule has 4 atom stereocenters. The Balaban J connectivity index is 1.66. The topological polar surface area (TPSA) is 46.5 Å². The second-order valence-electron chi connectivity index (χ2n) is 8.08. The number of fused-ring (bicyclic) bond motifs is 3. The minimum Gasteiger partial charge on any atom is -0.489 e. The summed E-state index contributed by atoms with van der Waals surface area (Å²) >= 11 is 0. The van der Waals surface area contributed by atoms with Gasteiger partial charge < -0.3 is 9.84 Å². The van der Waals surface area contributed by atoms with Gasteiger partial charge in [-0.1, -0.05) is 43.7 Å². The molecule has 0 saturated heterocycles. The number of hydrogen-bond acceptors (Lipinski definition) is 2. The minimum absolute atomic E-state index is 0.211. The Labute approximate surface area is 169 Å². The second-order valence-corrected chi connectivity index (χ2v) is 8.08. The molecule has 1 saturated carbocycles. The smallest absolute Gasteiger partial charge is 0.303 e. The van der Waals surface area contributed by atoms with E-state index in [-0.39, 0.29) is 12.5 Å². The highest BCUT2D eigenvalue weighted by Crippen LogP contribution is 2.51. The molecule has 1 aliphatic carbocycles. The number of carboxylic acids is 1. The van der Waals surface area contributed by atoms with Gasteiger partial charge in [0.2, 0.25) is 0 Å². The van der Waals surface area contributed by atoms with Gasteiger partial charge in [0.15, 0.2) is 0 Å². The Morgan fingerprint density at radius 2 is 2.25 bits per heavy atom. The summed E-state index contributed by atoms with van der Waals surface area (Å²) in [5, 5.41) is 8.89. The maximum absolute atomic E-state index is 10.8. The van der Waals surface area contributed by atoms with Crippen molar-refractivity contribution < 1.29 is 14.6 Å². The number of carbonyl (C=O) groups is 1. The zero-order chi connectivity index (χ0) is 19.9. The highest BCUT2D eigenvalue weighted by atomic mass is 16.5. The summed E-state index contributed by atoms with van der Waals surface area (Å²) in [6.45, 7) is 4.16. The van der Waals surface area contributed by atoms with E-state index in [1.807, 2.05) is 6.92 Å². The lowest BCUT2D eigenvalue weighted by Gasteiger charge is -2.15. The maximum atomic E-state index is 10.8. The first-order valence-corrected chi connectivity index (χ1v) is 10.7. The number of rotatable bonds is 9. The first-order valence-electron chi connectivity index (χ1n) is 10.7. The van der Waals surface area contributed by atoms with E-state index in [2.05, 4.69) is 49.1 Å². The van der Waals surface area contributed by atoms with Crippen molar-refractivity contribution in [1.29, 1.82) is 0 Å². The summed E-state index contributed by atoms with van der Waals surface area (Å²) in [5.41, 5.74) is 2.49. The van der Waals surface area contributed by atoms with Crippen molar-refractivity contribution in [3.05, 3.63) is 41.5 Å². The predicted octanol–water partition coefficient (Wildman–Crippen LogP) is 5.73. The number of para-hydroxylation sites is 1. The van der Waals surface area contributed by atoms with Crippen molar-refractivity contribution in [3.63, 3.8) is 0 Å². The van der Waals surface area contributed by atoms with Gasteiger partial charge in [0.05, 0.1) is 0 Å². The van der Waals surface area contributed by atoms with Crippen LogP contribution in [0.5, 0.6) is 5.75 Å². The Hall–Kier alpha value is -2.21. The van der Waals surface area contributed by atoms with Gasteiger partial charge >= 0.3 is 5.97 Å². The van der Waals surface area contributed by atoms with E-state index < -0.39 is 5.97 Å². The Morgan fingerprint density at radius 3 is 3.00 bits per heavy atom.